The van der Waals surface area contributed by atoms with Crippen LogP contribution >= 0.6 is 0 Å². The molecular weight excluding hydrogens is 172 g/mol. The van der Waals surface area contributed by atoms with Crippen LogP contribution in [0.15, 0.2) is 0 Å². The van der Waals surface area contributed by atoms with Crippen molar-refractivity contribution in [2.24, 2.45) is 0 Å². The lowest BCUT2D eigenvalue weighted by Crippen LogP contribution is -2.28. The highest BCUT2D eigenvalue weighted by Crippen LogP contribution is 2.10. The Morgan fingerprint density at radius 3 is 2.21 bits per heavy atom. The maximum atomic E-state index is 3.21. The summed E-state index contributed by atoms with van der Waals surface area (Å²) in [6, 6.07) is 0. The first-order chi connectivity index (χ1) is 6.93. The van der Waals surface area contributed by atoms with Crippen molar-refractivity contribution in [1.29, 1.82) is 0 Å². The van der Waals surface area contributed by atoms with Gasteiger partial charge in [0, 0.05) is 0 Å². The maximum Gasteiger partial charge on any atom is -0.00183 e. The van der Waals surface area contributed by atoms with E-state index in [4.69, 9.17) is 0 Å². The SMILES string of the molecule is CNCCCCN1CCCCCCC1. The molecule has 84 valence electrons. The zero-order valence-electron chi connectivity index (χ0n) is 9.73. The van der Waals surface area contributed by atoms with Crippen LogP contribution in [-0.4, -0.2) is 38.1 Å². The summed E-state index contributed by atoms with van der Waals surface area (Å²) in [7, 11) is 2.04. The van der Waals surface area contributed by atoms with E-state index in [1.807, 2.05) is 7.05 Å². The largest absolute Gasteiger partial charge is 0.320 e. The zero-order valence-corrected chi connectivity index (χ0v) is 9.73. The minimum atomic E-state index is 1.17. The van der Waals surface area contributed by atoms with Crippen molar-refractivity contribution in [3.8, 4) is 0 Å². The van der Waals surface area contributed by atoms with Gasteiger partial charge in [-0.2, -0.15) is 0 Å². The van der Waals surface area contributed by atoms with E-state index in [1.54, 1.807) is 0 Å². The quantitative estimate of drug-likeness (QED) is 0.682. The average Bonchev–Trinajstić information content (AvgIpc) is 2.15. The lowest BCUT2D eigenvalue weighted by Gasteiger charge is -2.24. The summed E-state index contributed by atoms with van der Waals surface area (Å²) < 4.78 is 0. The number of hydrogen-bond donors (Lipinski definition) is 1. The molecule has 1 heterocycles. The van der Waals surface area contributed by atoms with Gasteiger partial charge in [0.25, 0.3) is 0 Å². The van der Waals surface area contributed by atoms with E-state index in [1.165, 1.54) is 71.1 Å². The number of rotatable bonds is 5. The molecule has 0 saturated carbocycles. The molecule has 0 aromatic rings. The van der Waals surface area contributed by atoms with Crippen molar-refractivity contribution < 1.29 is 0 Å². The topological polar surface area (TPSA) is 15.3 Å². The molecule has 1 N–H and O–H groups in total. The van der Waals surface area contributed by atoms with E-state index in [9.17, 15) is 0 Å². The fourth-order valence-corrected chi connectivity index (χ4v) is 2.17. The molecule has 1 rings (SSSR count). The summed E-state index contributed by atoms with van der Waals surface area (Å²) in [6.07, 6.45) is 9.90. The molecule has 2 heteroatoms. The minimum Gasteiger partial charge on any atom is -0.320 e. The predicted octanol–water partition coefficient (Wildman–Crippen LogP) is 2.25. The van der Waals surface area contributed by atoms with Gasteiger partial charge in [-0.1, -0.05) is 19.3 Å². The van der Waals surface area contributed by atoms with Crippen molar-refractivity contribution in [2.75, 3.05) is 33.2 Å². The zero-order chi connectivity index (χ0) is 10.1. The summed E-state index contributed by atoms with van der Waals surface area (Å²) in [5.74, 6) is 0. The van der Waals surface area contributed by atoms with Gasteiger partial charge in [-0.25, -0.2) is 0 Å². The van der Waals surface area contributed by atoms with Gasteiger partial charge in [-0.3, -0.25) is 0 Å². The van der Waals surface area contributed by atoms with E-state index < -0.39 is 0 Å². The van der Waals surface area contributed by atoms with E-state index in [0.29, 0.717) is 0 Å². The summed E-state index contributed by atoms with van der Waals surface area (Å²) in [5, 5.41) is 3.21. The van der Waals surface area contributed by atoms with Crippen LogP contribution in [0.2, 0.25) is 0 Å². The summed E-state index contributed by atoms with van der Waals surface area (Å²) >= 11 is 0. The fraction of sp³-hybridized carbons (Fsp3) is 1.00. The molecule has 2 nitrogen and oxygen atoms in total. The molecule has 0 aromatic heterocycles. The molecule has 0 aromatic carbocycles. The number of hydrogen-bond acceptors (Lipinski definition) is 2. The van der Waals surface area contributed by atoms with Crippen molar-refractivity contribution in [2.45, 2.75) is 44.9 Å². The maximum absolute atomic E-state index is 3.21. The molecule has 1 aliphatic heterocycles. The molecule has 0 atom stereocenters. The Labute approximate surface area is 89.1 Å². The second-order valence-corrected chi connectivity index (χ2v) is 4.42. The van der Waals surface area contributed by atoms with Crippen molar-refractivity contribution in [3.05, 3.63) is 0 Å². The molecule has 0 amide bonds. The molecule has 1 aliphatic rings. The molecule has 14 heavy (non-hydrogen) atoms. The van der Waals surface area contributed by atoms with Crippen LogP contribution in [0.4, 0.5) is 0 Å². The Morgan fingerprint density at radius 1 is 0.929 bits per heavy atom. The Morgan fingerprint density at radius 2 is 1.57 bits per heavy atom. The Balaban J connectivity index is 2.02. The molecule has 0 radical (unpaired) electrons. The summed E-state index contributed by atoms with van der Waals surface area (Å²) in [4.78, 5) is 2.66. The molecule has 1 fully saturated rings. The third-order valence-corrected chi connectivity index (χ3v) is 3.10. The standard InChI is InChI=1S/C12H26N2/c1-13-9-5-8-12-14-10-6-3-2-4-7-11-14/h13H,2-12H2,1H3. The van der Waals surface area contributed by atoms with Gasteiger partial charge in [0.05, 0.1) is 0 Å². The van der Waals surface area contributed by atoms with Gasteiger partial charge >= 0.3 is 0 Å². The average molecular weight is 198 g/mol. The van der Waals surface area contributed by atoms with Crippen LogP contribution in [0.5, 0.6) is 0 Å². The first kappa shape index (κ1) is 12.0. The lowest BCUT2D eigenvalue weighted by molar-refractivity contribution is 0.243. The first-order valence-electron chi connectivity index (χ1n) is 6.30. The third kappa shape index (κ3) is 5.61. The van der Waals surface area contributed by atoms with E-state index in [0.717, 1.165) is 0 Å². The van der Waals surface area contributed by atoms with Crippen LogP contribution < -0.4 is 5.32 Å². The van der Waals surface area contributed by atoms with Gasteiger partial charge in [-0.15, -0.1) is 0 Å². The highest BCUT2D eigenvalue weighted by molar-refractivity contribution is 4.62. The lowest BCUT2D eigenvalue weighted by atomic mass is 10.1. The molecule has 1 saturated heterocycles. The number of nitrogens with zero attached hydrogens (tertiary/aromatic N) is 1. The second kappa shape index (κ2) is 8.25. The highest BCUT2D eigenvalue weighted by atomic mass is 15.1. The fourth-order valence-electron chi connectivity index (χ4n) is 2.17. The Bertz CT molecular complexity index is 117. The molecule has 0 bridgehead atoms. The summed E-state index contributed by atoms with van der Waals surface area (Å²) in [6.45, 7) is 5.19. The first-order valence-corrected chi connectivity index (χ1v) is 6.30. The van der Waals surface area contributed by atoms with Crippen molar-refractivity contribution >= 4 is 0 Å². The van der Waals surface area contributed by atoms with Crippen LogP contribution in [0.1, 0.15) is 44.9 Å². The van der Waals surface area contributed by atoms with E-state index in [-0.39, 0.29) is 0 Å². The number of unbranched alkanes of at least 4 members (excludes halogenated alkanes) is 1. The van der Waals surface area contributed by atoms with Gasteiger partial charge in [0.2, 0.25) is 0 Å². The number of likely N-dealkylation sites (tertiary alicyclic amines) is 1. The van der Waals surface area contributed by atoms with Gasteiger partial charge in [-0.05, 0) is 58.9 Å². The number of nitrogens with one attached hydrogen (secondary N) is 1. The van der Waals surface area contributed by atoms with Gasteiger partial charge in [0.15, 0.2) is 0 Å². The monoisotopic (exact) mass is 198 g/mol. The van der Waals surface area contributed by atoms with Gasteiger partial charge < -0.3 is 10.2 Å². The second-order valence-electron chi connectivity index (χ2n) is 4.42. The molecule has 0 spiro atoms. The van der Waals surface area contributed by atoms with E-state index in [2.05, 4.69) is 10.2 Å². The van der Waals surface area contributed by atoms with Gasteiger partial charge in [0.1, 0.15) is 0 Å². The van der Waals surface area contributed by atoms with Crippen molar-refractivity contribution in [3.63, 3.8) is 0 Å². The Hall–Kier alpha value is -0.0800. The molecule has 0 aliphatic carbocycles. The van der Waals surface area contributed by atoms with E-state index >= 15 is 0 Å². The third-order valence-electron chi connectivity index (χ3n) is 3.10. The molecule has 0 unspecified atom stereocenters. The van der Waals surface area contributed by atoms with Crippen LogP contribution in [0.3, 0.4) is 0 Å². The van der Waals surface area contributed by atoms with Crippen LogP contribution in [0.25, 0.3) is 0 Å². The Kier molecular flexibility index (Phi) is 7.06. The van der Waals surface area contributed by atoms with Crippen molar-refractivity contribution in [1.82, 2.24) is 10.2 Å². The normalized spacial score (nSPS) is 20.4. The van der Waals surface area contributed by atoms with Crippen LogP contribution in [0, 0.1) is 0 Å². The minimum absolute atomic E-state index is 1.17. The van der Waals surface area contributed by atoms with Crippen LogP contribution in [-0.2, 0) is 0 Å². The predicted molar refractivity (Wildman–Crippen MR) is 62.7 cm³/mol. The smallest absolute Gasteiger partial charge is 0.00183 e. The molecular formula is C12H26N2. The highest BCUT2D eigenvalue weighted by Gasteiger charge is 2.06. The summed E-state index contributed by atoms with van der Waals surface area (Å²) in [5.41, 5.74) is 0.